The molecule has 3 aromatic carbocycles. The number of carbonyl (C=O) groups is 3. The molecule has 2 atom stereocenters. The van der Waals surface area contributed by atoms with Crippen LogP contribution >= 0.6 is 0 Å². The van der Waals surface area contributed by atoms with Gasteiger partial charge in [-0.05, 0) is 48.7 Å². The molecule has 0 aliphatic heterocycles. The number of aliphatic hydroxyl groups excluding tert-OH is 1. The number of hydrogen-bond acceptors (Lipinski definition) is 8. The normalized spacial score (nSPS) is 12.7. The Kier molecular flexibility index (Phi) is 10.9. The molecule has 0 aromatic heterocycles. The summed E-state index contributed by atoms with van der Waals surface area (Å²) < 4.78 is 38.1. The van der Waals surface area contributed by atoms with Crippen LogP contribution in [0.4, 0.5) is 5.69 Å². The minimum Gasteiger partial charge on any atom is -0.467 e. The van der Waals surface area contributed by atoms with E-state index < -0.39 is 34.1 Å². The zero-order chi connectivity index (χ0) is 29.1. The Hall–Kier alpha value is -4.06. The molecule has 0 radical (unpaired) electrons. The number of sulfonamides is 1. The topological polar surface area (TPSA) is 148 Å². The smallest absolute Gasteiger partial charge is 0.336 e. The molecule has 0 spiro atoms. The van der Waals surface area contributed by atoms with E-state index in [1.165, 1.54) is 36.4 Å². The second-order valence-electron chi connectivity index (χ2n) is 9.05. The Labute approximate surface area is 233 Å². The molecule has 0 unspecified atom stereocenters. The van der Waals surface area contributed by atoms with Crippen molar-refractivity contribution >= 4 is 33.6 Å². The van der Waals surface area contributed by atoms with Crippen molar-refractivity contribution in [3.05, 3.63) is 95.6 Å². The Bertz CT molecular complexity index is 1390. The lowest BCUT2D eigenvalue weighted by atomic mass is 10.0. The van der Waals surface area contributed by atoms with E-state index in [0.717, 1.165) is 18.2 Å². The molecule has 0 heterocycles. The standard InChI is InChI=1S/C29H32N2O8S/c1-20-11-17-24(18-12-20)40(36,37)31-27(28(34)29(35)38-2)22-13-15-23(16-14-22)30-25(32)9-6-10-26(33)39-19-21-7-4-3-5-8-21/h3-5,7-8,11-18,27-28,31,34H,6,9-10,19H2,1-2H3,(H,30,32)/t27-,28+/m1/s1. The molecule has 0 bridgehead atoms. The van der Waals surface area contributed by atoms with Gasteiger partial charge < -0.3 is 19.9 Å². The fourth-order valence-electron chi connectivity index (χ4n) is 3.73. The van der Waals surface area contributed by atoms with Crippen LogP contribution in [0.2, 0.25) is 0 Å². The number of amides is 1. The maximum Gasteiger partial charge on any atom is 0.336 e. The van der Waals surface area contributed by atoms with Gasteiger partial charge in [0.1, 0.15) is 6.61 Å². The van der Waals surface area contributed by atoms with Crippen LogP contribution in [0.15, 0.2) is 83.8 Å². The summed E-state index contributed by atoms with van der Waals surface area (Å²) in [5.41, 5.74) is 2.42. The highest BCUT2D eigenvalue weighted by molar-refractivity contribution is 7.89. The Morgan fingerprint density at radius 1 is 0.900 bits per heavy atom. The van der Waals surface area contributed by atoms with Crippen molar-refractivity contribution in [2.24, 2.45) is 0 Å². The van der Waals surface area contributed by atoms with Crippen LogP contribution in [0.1, 0.15) is 42.0 Å². The zero-order valence-electron chi connectivity index (χ0n) is 22.2. The molecular weight excluding hydrogens is 536 g/mol. The predicted molar refractivity (Wildman–Crippen MR) is 147 cm³/mol. The lowest BCUT2D eigenvalue weighted by molar-refractivity contribution is -0.151. The summed E-state index contributed by atoms with van der Waals surface area (Å²) in [6.45, 7) is 1.99. The monoisotopic (exact) mass is 568 g/mol. The summed E-state index contributed by atoms with van der Waals surface area (Å²) in [5.74, 6) is -1.74. The van der Waals surface area contributed by atoms with E-state index in [4.69, 9.17) is 4.74 Å². The van der Waals surface area contributed by atoms with Gasteiger partial charge in [-0.3, -0.25) is 9.59 Å². The maximum absolute atomic E-state index is 13.0. The van der Waals surface area contributed by atoms with Gasteiger partial charge in [-0.2, -0.15) is 0 Å². The van der Waals surface area contributed by atoms with Gasteiger partial charge >= 0.3 is 11.9 Å². The molecule has 3 rings (SSSR count). The highest BCUT2D eigenvalue weighted by Crippen LogP contribution is 2.24. The van der Waals surface area contributed by atoms with Gasteiger partial charge in [0.25, 0.3) is 0 Å². The third-order valence-electron chi connectivity index (χ3n) is 5.95. The number of carbonyl (C=O) groups excluding carboxylic acids is 3. The second kappa shape index (κ2) is 14.4. The summed E-state index contributed by atoms with van der Waals surface area (Å²) in [4.78, 5) is 36.3. The Balaban J connectivity index is 1.58. The SMILES string of the molecule is COC(=O)[C@@H](O)[C@H](NS(=O)(=O)c1ccc(C)cc1)c1ccc(NC(=O)CCCC(=O)OCc2ccccc2)cc1. The Morgan fingerprint density at radius 3 is 2.17 bits per heavy atom. The van der Waals surface area contributed by atoms with Gasteiger partial charge in [0.15, 0.2) is 6.10 Å². The van der Waals surface area contributed by atoms with E-state index in [-0.39, 0.29) is 35.8 Å². The van der Waals surface area contributed by atoms with Gasteiger partial charge in [-0.25, -0.2) is 17.9 Å². The number of aliphatic hydroxyl groups is 1. The van der Waals surface area contributed by atoms with Crippen LogP contribution < -0.4 is 10.0 Å². The van der Waals surface area contributed by atoms with E-state index in [9.17, 15) is 27.9 Å². The molecular formula is C29H32N2O8S. The fourth-order valence-corrected chi connectivity index (χ4v) is 4.95. The molecule has 212 valence electrons. The second-order valence-corrected chi connectivity index (χ2v) is 10.8. The van der Waals surface area contributed by atoms with Crippen molar-refractivity contribution in [1.29, 1.82) is 0 Å². The molecule has 40 heavy (non-hydrogen) atoms. The van der Waals surface area contributed by atoms with Crippen molar-refractivity contribution in [3.63, 3.8) is 0 Å². The minimum atomic E-state index is -4.10. The zero-order valence-corrected chi connectivity index (χ0v) is 23.0. The fraction of sp³-hybridized carbons (Fsp3) is 0.276. The van der Waals surface area contributed by atoms with E-state index in [0.29, 0.717) is 12.1 Å². The molecule has 1 amide bonds. The third-order valence-corrected chi connectivity index (χ3v) is 7.41. The lowest BCUT2D eigenvalue weighted by Gasteiger charge is -2.23. The van der Waals surface area contributed by atoms with Crippen LogP contribution in [0.3, 0.4) is 0 Å². The molecule has 3 aromatic rings. The van der Waals surface area contributed by atoms with Gasteiger partial charge in [-0.15, -0.1) is 0 Å². The minimum absolute atomic E-state index is 0.0343. The molecule has 0 saturated carbocycles. The van der Waals surface area contributed by atoms with Gasteiger partial charge in [0, 0.05) is 18.5 Å². The van der Waals surface area contributed by atoms with Crippen molar-refractivity contribution in [2.45, 2.75) is 49.8 Å². The summed E-state index contributed by atoms with van der Waals surface area (Å²) in [6, 6.07) is 20.0. The quantitative estimate of drug-likeness (QED) is 0.266. The van der Waals surface area contributed by atoms with Crippen molar-refractivity contribution in [2.75, 3.05) is 12.4 Å². The summed E-state index contributed by atoms with van der Waals surface area (Å²) in [6.07, 6.45) is -1.35. The highest BCUT2D eigenvalue weighted by atomic mass is 32.2. The number of hydrogen-bond donors (Lipinski definition) is 3. The number of methoxy groups -OCH3 is 1. The number of nitrogens with one attached hydrogen (secondary N) is 2. The van der Waals surface area contributed by atoms with Crippen LogP contribution in [0.25, 0.3) is 0 Å². The van der Waals surface area contributed by atoms with Crippen LogP contribution in [-0.2, 0) is 40.5 Å². The average Bonchev–Trinajstić information content (AvgIpc) is 2.95. The molecule has 3 N–H and O–H groups in total. The van der Waals surface area contributed by atoms with E-state index in [1.54, 1.807) is 12.1 Å². The largest absolute Gasteiger partial charge is 0.467 e. The first-order valence-electron chi connectivity index (χ1n) is 12.5. The molecule has 0 saturated heterocycles. The first-order chi connectivity index (χ1) is 19.1. The van der Waals surface area contributed by atoms with Gasteiger partial charge in [-0.1, -0.05) is 60.2 Å². The first kappa shape index (κ1) is 30.5. The number of esters is 2. The van der Waals surface area contributed by atoms with Crippen molar-refractivity contribution in [1.82, 2.24) is 4.72 Å². The molecule has 11 heteroatoms. The number of aryl methyl sites for hydroxylation is 1. The van der Waals surface area contributed by atoms with Crippen LogP contribution in [-0.4, -0.2) is 44.6 Å². The summed E-state index contributed by atoms with van der Waals surface area (Å²) >= 11 is 0. The summed E-state index contributed by atoms with van der Waals surface area (Å²) in [5, 5.41) is 13.2. The van der Waals surface area contributed by atoms with E-state index in [2.05, 4.69) is 14.8 Å². The lowest BCUT2D eigenvalue weighted by Crippen LogP contribution is -2.40. The molecule has 10 nitrogen and oxygen atoms in total. The van der Waals surface area contributed by atoms with E-state index >= 15 is 0 Å². The van der Waals surface area contributed by atoms with Crippen molar-refractivity contribution < 1.29 is 37.4 Å². The van der Waals surface area contributed by atoms with Crippen LogP contribution in [0, 0.1) is 6.92 Å². The predicted octanol–water partition coefficient (Wildman–Crippen LogP) is 3.40. The Morgan fingerprint density at radius 2 is 1.55 bits per heavy atom. The van der Waals surface area contributed by atoms with Crippen molar-refractivity contribution in [3.8, 4) is 0 Å². The van der Waals surface area contributed by atoms with Gasteiger partial charge in [0.05, 0.1) is 18.0 Å². The van der Waals surface area contributed by atoms with Crippen LogP contribution in [0.5, 0.6) is 0 Å². The molecule has 0 aliphatic carbocycles. The van der Waals surface area contributed by atoms with Gasteiger partial charge in [0.2, 0.25) is 15.9 Å². The first-order valence-corrected chi connectivity index (χ1v) is 14.0. The maximum atomic E-state index is 13.0. The number of benzene rings is 3. The highest BCUT2D eigenvalue weighted by Gasteiger charge is 2.32. The summed E-state index contributed by atoms with van der Waals surface area (Å²) in [7, 11) is -3.02. The van der Waals surface area contributed by atoms with E-state index in [1.807, 2.05) is 37.3 Å². The number of ether oxygens (including phenoxy) is 2. The third kappa shape index (κ3) is 9.01. The number of anilines is 1. The molecule has 0 fully saturated rings. The molecule has 0 aliphatic rings. The number of rotatable bonds is 13. The average molecular weight is 569 g/mol.